The lowest BCUT2D eigenvalue weighted by molar-refractivity contribution is -0.118. The maximum Gasteiger partial charge on any atom is 0.265 e. The minimum Gasteiger partial charge on any atom is -0.482 e. The van der Waals surface area contributed by atoms with Gasteiger partial charge >= 0.3 is 0 Å². The van der Waals surface area contributed by atoms with Crippen molar-refractivity contribution in [3.8, 4) is 5.75 Å². The molecule has 0 saturated carbocycles. The van der Waals surface area contributed by atoms with Crippen LogP contribution in [0.3, 0.4) is 0 Å². The molecule has 2 aromatic carbocycles. The number of hydrogen-bond donors (Lipinski definition) is 2. The molecule has 0 radical (unpaired) electrons. The third kappa shape index (κ3) is 2.98. The van der Waals surface area contributed by atoms with Gasteiger partial charge in [0.1, 0.15) is 16.5 Å². The Labute approximate surface area is 132 Å². The van der Waals surface area contributed by atoms with E-state index in [1.54, 1.807) is 0 Å². The molecular formula is C15H13FN2O4S. The molecule has 2 N–H and O–H groups in total. The van der Waals surface area contributed by atoms with Gasteiger partial charge in [0.25, 0.3) is 15.9 Å². The Morgan fingerprint density at radius 2 is 2.04 bits per heavy atom. The van der Waals surface area contributed by atoms with Crippen LogP contribution < -0.4 is 14.8 Å². The number of aryl methyl sites for hydroxylation is 1. The second kappa shape index (κ2) is 5.54. The average Bonchev–Trinajstić information content (AvgIpc) is 2.46. The van der Waals surface area contributed by atoms with Crippen LogP contribution in [0.25, 0.3) is 0 Å². The monoisotopic (exact) mass is 336 g/mol. The van der Waals surface area contributed by atoms with E-state index in [-0.39, 0.29) is 18.2 Å². The number of rotatable bonds is 3. The van der Waals surface area contributed by atoms with Gasteiger partial charge in [-0.15, -0.1) is 0 Å². The van der Waals surface area contributed by atoms with E-state index in [4.69, 9.17) is 4.74 Å². The van der Waals surface area contributed by atoms with E-state index in [0.29, 0.717) is 17.0 Å². The third-order valence-electron chi connectivity index (χ3n) is 3.30. The van der Waals surface area contributed by atoms with Gasteiger partial charge in [-0.05, 0) is 30.7 Å². The molecule has 1 aliphatic heterocycles. The highest BCUT2D eigenvalue weighted by atomic mass is 32.2. The number of sulfonamides is 1. The first-order valence-corrected chi connectivity index (χ1v) is 8.20. The van der Waals surface area contributed by atoms with Crippen LogP contribution >= 0.6 is 0 Å². The molecule has 0 unspecified atom stereocenters. The number of carbonyl (C=O) groups excluding carboxylic acids is 1. The van der Waals surface area contributed by atoms with Crippen LogP contribution in [-0.2, 0) is 14.8 Å². The number of anilines is 2. The summed E-state index contributed by atoms with van der Waals surface area (Å²) in [5.41, 5.74) is 0.966. The van der Waals surface area contributed by atoms with Crippen LogP contribution in [0.1, 0.15) is 5.56 Å². The molecule has 0 atom stereocenters. The van der Waals surface area contributed by atoms with Crippen LogP contribution in [0, 0.1) is 12.7 Å². The molecule has 0 fully saturated rings. The lowest BCUT2D eigenvalue weighted by Gasteiger charge is -2.19. The van der Waals surface area contributed by atoms with Gasteiger partial charge in [-0.3, -0.25) is 9.52 Å². The first-order chi connectivity index (χ1) is 10.9. The van der Waals surface area contributed by atoms with Gasteiger partial charge in [0, 0.05) is 6.07 Å². The van der Waals surface area contributed by atoms with Crippen molar-refractivity contribution in [3.05, 3.63) is 47.8 Å². The molecule has 2 aromatic rings. The fraction of sp³-hybridized carbons (Fsp3) is 0.133. The van der Waals surface area contributed by atoms with Crippen LogP contribution in [0.2, 0.25) is 0 Å². The maximum absolute atomic E-state index is 13.9. The Hall–Kier alpha value is -2.61. The number of carbonyl (C=O) groups is 1. The van der Waals surface area contributed by atoms with E-state index < -0.39 is 20.7 Å². The standard InChI is InChI=1S/C15H13FN2O4S/c1-9-3-2-4-11(16)15(9)23(20,21)18-10-5-6-12-13(7-10)22-8-14(19)17-12/h2-7,18H,8H2,1H3,(H,17,19). The van der Waals surface area contributed by atoms with Gasteiger partial charge in [0.2, 0.25) is 0 Å². The number of nitrogens with one attached hydrogen (secondary N) is 2. The van der Waals surface area contributed by atoms with Crippen molar-refractivity contribution in [1.29, 1.82) is 0 Å². The molecule has 6 nitrogen and oxygen atoms in total. The van der Waals surface area contributed by atoms with Gasteiger partial charge < -0.3 is 10.1 Å². The van der Waals surface area contributed by atoms with Gasteiger partial charge in [-0.2, -0.15) is 0 Å². The van der Waals surface area contributed by atoms with Gasteiger partial charge in [0.15, 0.2) is 6.61 Å². The number of ether oxygens (including phenoxy) is 1. The SMILES string of the molecule is Cc1cccc(F)c1S(=O)(=O)Nc1ccc2c(c1)OCC(=O)N2. The highest BCUT2D eigenvalue weighted by Gasteiger charge is 2.23. The van der Waals surface area contributed by atoms with Crippen molar-refractivity contribution in [2.45, 2.75) is 11.8 Å². The van der Waals surface area contributed by atoms with E-state index in [1.165, 1.54) is 37.3 Å². The molecule has 1 aliphatic rings. The molecule has 0 spiro atoms. The molecular weight excluding hydrogens is 323 g/mol. The predicted octanol–water partition coefficient (Wildman–Crippen LogP) is 2.27. The van der Waals surface area contributed by atoms with Crippen molar-refractivity contribution in [2.75, 3.05) is 16.6 Å². The minimum absolute atomic E-state index is 0.143. The number of halogens is 1. The topological polar surface area (TPSA) is 84.5 Å². The number of hydrogen-bond acceptors (Lipinski definition) is 4. The molecule has 0 bridgehead atoms. The molecule has 23 heavy (non-hydrogen) atoms. The Morgan fingerprint density at radius 1 is 1.26 bits per heavy atom. The molecule has 3 rings (SSSR count). The first-order valence-electron chi connectivity index (χ1n) is 6.71. The van der Waals surface area contributed by atoms with E-state index in [2.05, 4.69) is 10.0 Å². The second-order valence-electron chi connectivity index (χ2n) is 5.04. The summed E-state index contributed by atoms with van der Waals surface area (Å²) in [6.07, 6.45) is 0. The largest absolute Gasteiger partial charge is 0.482 e. The molecule has 8 heteroatoms. The van der Waals surface area contributed by atoms with Crippen molar-refractivity contribution >= 4 is 27.3 Å². The number of amides is 1. The zero-order valence-corrected chi connectivity index (χ0v) is 12.9. The summed E-state index contributed by atoms with van der Waals surface area (Å²) in [5.74, 6) is -0.762. The van der Waals surface area contributed by atoms with Crippen molar-refractivity contribution in [3.63, 3.8) is 0 Å². The lowest BCUT2D eigenvalue weighted by Crippen LogP contribution is -2.25. The van der Waals surface area contributed by atoms with E-state index in [1.807, 2.05) is 0 Å². The minimum atomic E-state index is -4.08. The summed E-state index contributed by atoms with van der Waals surface area (Å²) in [5, 5.41) is 2.60. The molecule has 0 aromatic heterocycles. The molecule has 0 saturated heterocycles. The van der Waals surface area contributed by atoms with Gasteiger partial charge in [-0.1, -0.05) is 12.1 Å². The van der Waals surface area contributed by atoms with Crippen molar-refractivity contribution in [2.24, 2.45) is 0 Å². The van der Waals surface area contributed by atoms with E-state index in [9.17, 15) is 17.6 Å². The van der Waals surface area contributed by atoms with Crippen LogP contribution in [0.4, 0.5) is 15.8 Å². The summed E-state index contributed by atoms with van der Waals surface area (Å²) < 4.78 is 46.2. The fourth-order valence-corrected chi connectivity index (χ4v) is 3.66. The normalized spacial score (nSPS) is 13.7. The third-order valence-corrected chi connectivity index (χ3v) is 4.86. The molecule has 1 heterocycles. The summed E-state index contributed by atoms with van der Waals surface area (Å²) in [6.45, 7) is 1.37. The first kappa shape index (κ1) is 15.3. The average molecular weight is 336 g/mol. The van der Waals surface area contributed by atoms with E-state index >= 15 is 0 Å². The smallest absolute Gasteiger partial charge is 0.265 e. The van der Waals surface area contributed by atoms with Crippen LogP contribution in [-0.4, -0.2) is 20.9 Å². The Balaban J connectivity index is 1.94. The summed E-state index contributed by atoms with van der Waals surface area (Å²) in [6, 6.07) is 8.46. The van der Waals surface area contributed by atoms with Gasteiger partial charge in [-0.25, -0.2) is 12.8 Å². The van der Waals surface area contributed by atoms with Gasteiger partial charge in [0.05, 0.1) is 11.4 Å². The Kier molecular flexibility index (Phi) is 3.69. The lowest BCUT2D eigenvalue weighted by atomic mass is 10.2. The zero-order valence-electron chi connectivity index (χ0n) is 12.1. The molecule has 0 aliphatic carbocycles. The summed E-state index contributed by atoms with van der Waals surface area (Å²) in [4.78, 5) is 10.8. The predicted molar refractivity (Wildman–Crippen MR) is 82.5 cm³/mol. The summed E-state index contributed by atoms with van der Waals surface area (Å²) >= 11 is 0. The highest BCUT2D eigenvalue weighted by molar-refractivity contribution is 7.92. The zero-order chi connectivity index (χ0) is 16.6. The number of fused-ring (bicyclic) bond motifs is 1. The van der Waals surface area contributed by atoms with E-state index in [0.717, 1.165) is 6.07 Å². The van der Waals surface area contributed by atoms with Crippen molar-refractivity contribution in [1.82, 2.24) is 0 Å². The second-order valence-corrected chi connectivity index (χ2v) is 6.66. The summed E-state index contributed by atoms with van der Waals surface area (Å²) in [7, 11) is -4.08. The maximum atomic E-state index is 13.9. The van der Waals surface area contributed by atoms with Crippen LogP contribution in [0.15, 0.2) is 41.3 Å². The Morgan fingerprint density at radius 3 is 2.78 bits per heavy atom. The quantitative estimate of drug-likeness (QED) is 0.900. The number of benzene rings is 2. The van der Waals surface area contributed by atoms with Crippen molar-refractivity contribution < 1.29 is 22.3 Å². The fourth-order valence-electron chi connectivity index (χ4n) is 2.30. The highest BCUT2D eigenvalue weighted by Crippen LogP contribution is 2.32. The Bertz CT molecular complexity index is 876. The molecule has 120 valence electrons. The molecule has 1 amide bonds. The van der Waals surface area contributed by atoms with Crippen LogP contribution in [0.5, 0.6) is 5.75 Å².